The minimum atomic E-state index is -1.22. The number of nitrogens with zero attached hydrogens (tertiary/aromatic N) is 1. The van der Waals surface area contributed by atoms with Crippen molar-refractivity contribution in [2.45, 2.75) is 0 Å². The maximum absolute atomic E-state index is 11.9. The van der Waals surface area contributed by atoms with E-state index in [1.54, 1.807) is 24.3 Å². The van der Waals surface area contributed by atoms with Crippen molar-refractivity contribution >= 4 is 23.9 Å². The quantitative estimate of drug-likeness (QED) is 0.693. The smallest absolute Gasteiger partial charge is 0.323 e. The van der Waals surface area contributed by atoms with Crippen LogP contribution < -0.4 is 10.5 Å². The molecule has 0 fully saturated rings. The van der Waals surface area contributed by atoms with Gasteiger partial charge in [-0.1, -0.05) is 12.1 Å². The van der Waals surface area contributed by atoms with Crippen molar-refractivity contribution in [3.8, 4) is 5.75 Å². The van der Waals surface area contributed by atoms with E-state index in [-0.39, 0.29) is 0 Å². The summed E-state index contributed by atoms with van der Waals surface area (Å²) in [6.45, 7) is -1.04. The van der Waals surface area contributed by atoms with Gasteiger partial charge in [0.15, 0.2) is 0 Å². The Hall–Kier alpha value is -2.83. The van der Waals surface area contributed by atoms with E-state index in [1.165, 1.54) is 19.3 Å². The summed E-state index contributed by atoms with van der Waals surface area (Å²) in [5.41, 5.74) is 5.69. The minimum Gasteiger partial charge on any atom is -0.497 e. The number of methoxy groups -OCH3 is 1. The number of nitrogens with two attached hydrogens (primary N) is 1. The summed E-state index contributed by atoms with van der Waals surface area (Å²) in [5.74, 6) is -1.98. The highest BCUT2D eigenvalue weighted by molar-refractivity contribution is 5.95. The summed E-state index contributed by atoms with van der Waals surface area (Å²) in [6.07, 6.45) is 2.68. The zero-order chi connectivity index (χ0) is 15.8. The van der Waals surface area contributed by atoms with Gasteiger partial charge in [0.25, 0.3) is 0 Å². The summed E-state index contributed by atoms with van der Waals surface area (Å²) in [5, 5.41) is 8.71. The molecule has 0 heterocycles. The van der Waals surface area contributed by atoms with Crippen LogP contribution in [0.4, 0.5) is 0 Å². The lowest BCUT2D eigenvalue weighted by molar-refractivity contribution is -0.143. The first-order chi connectivity index (χ1) is 9.92. The molecular formula is C14H16N2O5. The summed E-state index contributed by atoms with van der Waals surface area (Å²) in [7, 11) is 1.52. The Morgan fingerprint density at radius 3 is 2.62 bits per heavy atom. The molecule has 7 heteroatoms. The molecule has 0 aromatic heterocycles. The van der Waals surface area contributed by atoms with Gasteiger partial charge >= 0.3 is 5.97 Å². The average molecular weight is 292 g/mol. The molecule has 3 N–H and O–H groups in total. The Morgan fingerprint density at radius 2 is 2.05 bits per heavy atom. The van der Waals surface area contributed by atoms with Gasteiger partial charge in [0.2, 0.25) is 11.8 Å². The van der Waals surface area contributed by atoms with Crippen molar-refractivity contribution in [3.05, 3.63) is 35.9 Å². The largest absolute Gasteiger partial charge is 0.497 e. The molecular weight excluding hydrogens is 276 g/mol. The number of carbonyl (C=O) groups excluding carboxylic acids is 2. The van der Waals surface area contributed by atoms with Crippen molar-refractivity contribution in [1.82, 2.24) is 4.90 Å². The maximum Gasteiger partial charge on any atom is 0.323 e. The lowest BCUT2D eigenvalue weighted by atomic mass is 10.2. The second-order valence-electron chi connectivity index (χ2n) is 4.16. The van der Waals surface area contributed by atoms with Gasteiger partial charge in [0, 0.05) is 6.08 Å². The van der Waals surface area contributed by atoms with Gasteiger partial charge in [-0.3, -0.25) is 14.4 Å². The number of aliphatic carboxylic acids is 1. The van der Waals surface area contributed by atoms with Crippen LogP contribution in [0.15, 0.2) is 30.3 Å². The second-order valence-corrected chi connectivity index (χ2v) is 4.16. The molecule has 0 saturated heterocycles. The number of amides is 2. The molecule has 0 bridgehead atoms. The summed E-state index contributed by atoms with van der Waals surface area (Å²) in [6, 6.07) is 6.96. The molecule has 0 radical (unpaired) electrons. The normalized spacial score (nSPS) is 10.3. The molecule has 2 amide bonds. The lowest BCUT2D eigenvalue weighted by Gasteiger charge is -2.16. The van der Waals surface area contributed by atoms with Gasteiger partial charge in [-0.15, -0.1) is 0 Å². The van der Waals surface area contributed by atoms with Gasteiger partial charge in [0.1, 0.15) is 18.8 Å². The number of primary amides is 1. The van der Waals surface area contributed by atoms with Crippen LogP contribution in [0.1, 0.15) is 5.56 Å². The van der Waals surface area contributed by atoms with E-state index in [9.17, 15) is 14.4 Å². The molecule has 0 atom stereocenters. The fourth-order valence-electron chi connectivity index (χ4n) is 1.58. The van der Waals surface area contributed by atoms with E-state index in [4.69, 9.17) is 15.6 Å². The molecule has 0 unspecified atom stereocenters. The standard InChI is InChI=1S/C14H16N2O5/c1-21-11-4-2-3-10(7-11)5-6-13(18)16(8-12(15)17)9-14(19)20/h2-7H,8-9H2,1H3,(H2,15,17)(H,19,20)/b6-5+. The molecule has 0 spiro atoms. The first kappa shape index (κ1) is 16.2. The van der Waals surface area contributed by atoms with Crippen LogP contribution in [0.5, 0.6) is 5.75 Å². The molecule has 0 saturated carbocycles. The Balaban J connectivity index is 2.81. The van der Waals surface area contributed by atoms with E-state index in [1.807, 2.05) is 0 Å². The van der Waals surface area contributed by atoms with E-state index in [2.05, 4.69) is 0 Å². The van der Waals surface area contributed by atoms with Gasteiger partial charge in [0.05, 0.1) is 7.11 Å². The van der Waals surface area contributed by atoms with Crippen LogP contribution in [0.25, 0.3) is 6.08 Å². The monoisotopic (exact) mass is 292 g/mol. The third-order valence-corrected chi connectivity index (χ3v) is 2.50. The molecule has 112 valence electrons. The maximum atomic E-state index is 11.9. The van der Waals surface area contributed by atoms with Crippen LogP contribution in [0, 0.1) is 0 Å². The van der Waals surface area contributed by atoms with E-state index in [0.29, 0.717) is 11.3 Å². The number of hydrogen-bond donors (Lipinski definition) is 2. The Labute approximate surface area is 121 Å². The summed E-state index contributed by atoms with van der Waals surface area (Å²) in [4.78, 5) is 34.2. The predicted octanol–water partition coefficient (Wildman–Crippen LogP) is 0.107. The molecule has 0 aliphatic rings. The van der Waals surface area contributed by atoms with Gasteiger partial charge in [-0.05, 0) is 23.8 Å². The highest BCUT2D eigenvalue weighted by Crippen LogP contribution is 2.13. The molecule has 21 heavy (non-hydrogen) atoms. The number of benzene rings is 1. The number of carboxylic acid groups (broad SMARTS) is 1. The summed E-state index contributed by atoms with van der Waals surface area (Å²) >= 11 is 0. The lowest BCUT2D eigenvalue weighted by Crippen LogP contribution is -2.40. The van der Waals surface area contributed by atoms with Crippen LogP contribution in [-0.2, 0) is 14.4 Å². The number of ether oxygens (including phenoxy) is 1. The third-order valence-electron chi connectivity index (χ3n) is 2.50. The topological polar surface area (TPSA) is 110 Å². The van der Waals surface area contributed by atoms with Crippen LogP contribution in [0.3, 0.4) is 0 Å². The molecule has 0 aliphatic carbocycles. The van der Waals surface area contributed by atoms with Gasteiger partial charge < -0.3 is 20.5 Å². The first-order valence-electron chi connectivity index (χ1n) is 6.03. The van der Waals surface area contributed by atoms with Crippen molar-refractivity contribution in [1.29, 1.82) is 0 Å². The average Bonchev–Trinajstić information content (AvgIpc) is 2.43. The van der Waals surface area contributed by atoms with Crippen LogP contribution in [-0.4, -0.2) is 48.0 Å². The Kier molecular flexibility index (Phi) is 5.94. The second kappa shape index (κ2) is 7.68. The number of carboxylic acids is 1. The Bertz CT molecular complexity index is 552. The van der Waals surface area contributed by atoms with Gasteiger partial charge in [-0.2, -0.15) is 0 Å². The number of rotatable bonds is 7. The molecule has 1 aromatic carbocycles. The molecule has 1 rings (SSSR count). The summed E-state index contributed by atoms with van der Waals surface area (Å²) < 4.78 is 5.05. The highest BCUT2D eigenvalue weighted by Gasteiger charge is 2.16. The van der Waals surface area contributed by atoms with Crippen molar-refractivity contribution in [2.75, 3.05) is 20.2 Å². The first-order valence-corrected chi connectivity index (χ1v) is 6.03. The minimum absolute atomic E-state index is 0.451. The molecule has 1 aromatic rings. The predicted molar refractivity (Wildman–Crippen MR) is 75.4 cm³/mol. The van der Waals surface area contributed by atoms with E-state index >= 15 is 0 Å². The van der Waals surface area contributed by atoms with E-state index in [0.717, 1.165) is 4.90 Å². The van der Waals surface area contributed by atoms with Crippen molar-refractivity contribution < 1.29 is 24.2 Å². The highest BCUT2D eigenvalue weighted by atomic mass is 16.5. The molecule has 7 nitrogen and oxygen atoms in total. The zero-order valence-electron chi connectivity index (χ0n) is 11.5. The molecule has 0 aliphatic heterocycles. The van der Waals surface area contributed by atoms with Crippen molar-refractivity contribution in [2.24, 2.45) is 5.73 Å². The van der Waals surface area contributed by atoms with Crippen LogP contribution in [0.2, 0.25) is 0 Å². The van der Waals surface area contributed by atoms with Gasteiger partial charge in [-0.25, -0.2) is 0 Å². The third kappa shape index (κ3) is 5.77. The van der Waals surface area contributed by atoms with E-state index < -0.39 is 30.9 Å². The number of carbonyl (C=O) groups is 3. The van der Waals surface area contributed by atoms with Crippen molar-refractivity contribution in [3.63, 3.8) is 0 Å². The number of hydrogen-bond acceptors (Lipinski definition) is 4. The SMILES string of the molecule is COc1cccc(/C=C/C(=O)N(CC(N)=O)CC(=O)O)c1. The van der Waals surface area contributed by atoms with Crippen LogP contribution >= 0.6 is 0 Å². The Morgan fingerprint density at radius 1 is 1.33 bits per heavy atom. The zero-order valence-corrected chi connectivity index (χ0v) is 11.5. The fraction of sp³-hybridized carbons (Fsp3) is 0.214. The fourth-order valence-corrected chi connectivity index (χ4v) is 1.58.